The first-order valence-corrected chi connectivity index (χ1v) is 8.12. The highest BCUT2D eigenvalue weighted by atomic mass is 19.4. The molecular formula is C18H19F3N2O. The molecule has 0 spiro atoms. The molecule has 1 aliphatic rings. The van der Waals surface area contributed by atoms with Crippen LogP contribution in [-0.2, 0) is 13.2 Å². The van der Waals surface area contributed by atoms with Gasteiger partial charge < -0.3 is 0 Å². The molecule has 1 aromatic carbocycles. The number of alkyl halides is 3. The molecule has 0 saturated heterocycles. The fourth-order valence-electron chi connectivity index (χ4n) is 3.28. The Hall–Kier alpha value is -2.11. The molecule has 2 aromatic rings. The molecule has 1 aromatic heterocycles. The van der Waals surface area contributed by atoms with Gasteiger partial charge in [-0.15, -0.1) is 0 Å². The molecule has 1 fully saturated rings. The molecule has 3 rings (SSSR count). The Morgan fingerprint density at radius 2 is 1.75 bits per heavy atom. The zero-order valence-electron chi connectivity index (χ0n) is 13.4. The number of carbonyl (C=O) groups excluding carboxylic acids is 1. The second-order valence-electron chi connectivity index (χ2n) is 6.31. The lowest BCUT2D eigenvalue weighted by Crippen LogP contribution is -2.17. The summed E-state index contributed by atoms with van der Waals surface area (Å²) in [7, 11) is 1.27. The van der Waals surface area contributed by atoms with Crippen LogP contribution in [0, 0.1) is 5.92 Å². The van der Waals surface area contributed by atoms with Gasteiger partial charge in [-0.25, -0.2) is 0 Å². The lowest BCUT2D eigenvalue weighted by Gasteiger charge is -2.20. The van der Waals surface area contributed by atoms with Crippen molar-refractivity contribution in [1.29, 1.82) is 0 Å². The Balaban J connectivity index is 1.81. The molecule has 128 valence electrons. The zero-order chi connectivity index (χ0) is 17.3. The average Bonchev–Trinajstić information content (AvgIpc) is 2.97. The Kier molecular flexibility index (Phi) is 4.47. The summed E-state index contributed by atoms with van der Waals surface area (Å²) >= 11 is 0. The molecule has 3 nitrogen and oxygen atoms in total. The molecule has 0 radical (unpaired) electrons. The van der Waals surface area contributed by atoms with E-state index in [-0.39, 0.29) is 17.4 Å². The van der Waals surface area contributed by atoms with Gasteiger partial charge >= 0.3 is 6.18 Å². The van der Waals surface area contributed by atoms with Crippen LogP contribution >= 0.6 is 0 Å². The molecule has 0 N–H and O–H groups in total. The topological polar surface area (TPSA) is 34.9 Å². The number of carbonyl (C=O) groups is 1. The number of Topliss-reactive ketones (excluding diaryl/α,β-unsaturated/α-hetero) is 1. The third kappa shape index (κ3) is 3.37. The van der Waals surface area contributed by atoms with Crippen molar-refractivity contribution in [1.82, 2.24) is 9.78 Å². The van der Waals surface area contributed by atoms with Crippen LogP contribution in [0.25, 0.3) is 11.3 Å². The highest BCUT2D eigenvalue weighted by Crippen LogP contribution is 2.32. The summed E-state index contributed by atoms with van der Waals surface area (Å²) in [6.45, 7) is 0. The predicted octanol–water partition coefficient (Wildman–Crippen LogP) is 4.87. The average molecular weight is 336 g/mol. The summed E-state index contributed by atoms with van der Waals surface area (Å²) in [5.74, 6) is 0.217. The van der Waals surface area contributed by atoms with Crippen molar-refractivity contribution < 1.29 is 18.0 Å². The first-order valence-electron chi connectivity index (χ1n) is 8.12. The number of hydrogen-bond acceptors (Lipinski definition) is 2. The van der Waals surface area contributed by atoms with Gasteiger partial charge in [-0.2, -0.15) is 18.3 Å². The van der Waals surface area contributed by atoms with Crippen LogP contribution in [0.3, 0.4) is 0 Å². The van der Waals surface area contributed by atoms with E-state index in [2.05, 4.69) is 5.10 Å². The second kappa shape index (κ2) is 6.42. The summed E-state index contributed by atoms with van der Waals surface area (Å²) < 4.78 is 39.4. The number of rotatable bonds is 3. The van der Waals surface area contributed by atoms with Crippen LogP contribution in [0.1, 0.15) is 48.2 Å². The van der Waals surface area contributed by atoms with E-state index in [1.165, 1.54) is 13.5 Å². The van der Waals surface area contributed by atoms with E-state index in [4.69, 9.17) is 0 Å². The molecule has 1 saturated carbocycles. The molecule has 0 unspecified atom stereocenters. The fraction of sp³-hybridized carbons (Fsp3) is 0.444. The Labute approximate surface area is 138 Å². The van der Waals surface area contributed by atoms with E-state index in [1.807, 2.05) is 0 Å². The maximum Gasteiger partial charge on any atom is 0.433 e. The van der Waals surface area contributed by atoms with Crippen LogP contribution in [0.4, 0.5) is 13.2 Å². The monoisotopic (exact) mass is 336 g/mol. The minimum Gasteiger partial charge on any atom is -0.294 e. The van der Waals surface area contributed by atoms with Gasteiger partial charge in [-0.1, -0.05) is 43.5 Å². The Morgan fingerprint density at radius 3 is 2.29 bits per heavy atom. The molecular weight excluding hydrogens is 317 g/mol. The normalized spacial score (nSPS) is 16.3. The van der Waals surface area contributed by atoms with Crippen molar-refractivity contribution in [2.75, 3.05) is 0 Å². The second-order valence-corrected chi connectivity index (χ2v) is 6.31. The molecule has 1 aliphatic carbocycles. The fourth-order valence-corrected chi connectivity index (χ4v) is 3.28. The van der Waals surface area contributed by atoms with E-state index in [0.29, 0.717) is 11.1 Å². The van der Waals surface area contributed by atoms with Crippen molar-refractivity contribution in [3.8, 4) is 11.3 Å². The van der Waals surface area contributed by atoms with Gasteiger partial charge in [0.05, 0.1) is 5.69 Å². The van der Waals surface area contributed by atoms with Crippen LogP contribution < -0.4 is 0 Å². The Bertz CT molecular complexity index is 726. The van der Waals surface area contributed by atoms with Gasteiger partial charge in [0.2, 0.25) is 0 Å². The SMILES string of the molecule is Cn1nc(-c2ccc(C(=O)C3CCCCC3)cc2)cc1C(F)(F)F. The van der Waals surface area contributed by atoms with E-state index >= 15 is 0 Å². The van der Waals surface area contributed by atoms with Gasteiger partial charge in [0.15, 0.2) is 5.78 Å². The quantitative estimate of drug-likeness (QED) is 0.750. The van der Waals surface area contributed by atoms with Crippen LogP contribution in [-0.4, -0.2) is 15.6 Å². The highest BCUT2D eigenvalue weighted by molar-refractivity contribution is 5.98. The van der Waals surface area contributed by atoms with Crippen LogP contribution in [0.15, 0.2) is 30.3 Å². The van der Waals surface area contributed by atoms with Crippen molar-refractivity contribution in [2.45, 2.75) is 38.3 Å². The molecule has 6 heteroatoms. The largest absolute Gasteiger partial charge is 0.433 e. The van der Waals surface area contributed by atoms with Gasteiger partial charge in [0.25, 0.3) is 0 Å². The van der Waals surface area contributed by atoms with Gasteiger partial charge in [-0.3, -0.25) is 9.48 Å². The number of hydrogen-bond donors (Lipinski definition) is 0. The molecule has 0 bridgehead atoms. The number of aryl methyl sites for hydroxylation is 1. The number of ketones is 1. The van der Waals surface area contributed by atoms with E-state index in [1.54, 1.807) is 24.3 Å². The molecule has 0 atom stereocenters. The third-order valence-corrected chi connectivity index (χ3v) is 4.61. The first kappa shape index (κ1) is 16.7. The lowest BCUT2D eigenvalue weighted by molar-refractivity contribution is -0.143. The molecule has 0 amide bonds. The van der Waals surface area contributed by atoms with Gasteiger partial charge in [0.1, 0.15) is 5.69 Å². The summed E-state index contributed by atoms with van der Waals surface area (Å²) in [6.07, 6.45) is 0.775. The zero-order valence-corrected chi connectivity index (χ0v) is 13.4. The van der Waals surface area contributed by atoms with Crippen molar-refractivity contribution in [3.63, 3.8) is 0 Å². The van der Waals surface area contributed by atoms with Crippen molar-refractivity contribution >= 4 is 5.78 Å². The van der Waals surface area contributed by atoms with Crippen molar-refractivity contribution in [2.24, 2.45) is 13.0 Å². The molecule has 0 aliphatic heterocycles. The minimum atomic E-state index is -4.43. The summed E-state index contributed by atoms with van der Waals surface area (Å²) in [4.78, 5) is 12.5. The highest BCUT2D eigenvalue weighted by Gasteiger charge is 2.35. The van der Waals surface area contributed by atoms with E-state index in [0.717, 1.165) is 36.4 Å². The predicted molar refractivity (Wildman–Crippen MR) is 84.6 cm³/mol. The first-order chi connectivity index (χ1) is 11.4. The number of benzene rings is 1. The van der Waals surface area contributed by atoms with Crippen molar-refractivity contribution in [3.05, 3.63) is 41.6 Å². The molecule has 24 heavy (non-hydrogen) atoms. The summed E-state index contributed by atoms with van der Waals surface area (Å²) in [6, 6.07) is 7.73. The smallest absolute Gasteiger partial charge is 0.294 e. The van der Waals surface area contributed by atoms with Crippen LogP contribution in [0.5, 0.6) is 0 Å². The standard InChI is InChI=1S/C18H19F3N2O/c1-23-16(18(19,20)21)11-15(22-23)12-7-9-14(10-8-12)17(24)13-5-3-2-4-6-13/h7-11,13H,2-6H2,1H3. The third-order valence-electron chi connectivity index (χ3n) is 4.61. The minimum absolute atomic E-state index is 0.0799. The maximum absolute atomic E-state index is 12.8. The lowest BCUT2D eigenvalue weighted by atomic mass is 9.84. The van der Waals surface area contributed by atoms with E-state index < -0.39 is 11.9 Å². The van der Waals surface area contributed by atoms with Crippen LogP contribution in [0.2, 0.25) is 0 Å². The Morgan fingerprint density at radius 1 is 1.12 bits per heavy atom. The molecule has 1 heterocycles. The van der Waals surface area contributed by atoms with Gasteiger partial charge in [0, 0.05) is 24.1 Å². The summed E-state index contributed by atoms with van der Waals surface area (Å²) in [5.41, 5.74) is 0.653. The number of nitrogens with zero attached hydrogens (tertiary/aromatic N) is 2. The van der Waals surface area contributed by atoms with Gasteiger partial charge in [-0.05, 0) is 18.9 Å². The number of halogens is 3. The maximum atomic E-state index is 12.8. The number of aromatic nitrogens is 2. The summed E-state index contributed by atoms with van der Waals surface area (Å²) in [5, 5.41) is 3.92. The van der Waals surface area contributed by atoms with E-state index in [9.17, 15) is 18.0 Å².